The summed E-state index contributed by atoms with van der Waals surface area (Å²) in [5.74, 6) is -0.951. The van der Waals surface area contributed by atoms with E-state index in [2.05, 4.69) is 20.4 Å². The van der Waals surface area contributed by atoms with Crippen molar-refractivity contribution in [3.05, 3.63) is 75.4 Å². The van der Waals surface area contributed by atoms with E-state index in [0.717, 1.165) is 30.5 Å². The number of aromatic nitrogens is 6. The molecule has 2 aromatic heterocycles. The maximum atomic E-state index is 14.1. The number of aryl methyl sites for hydroxylation is 1. The van der Waals surface area contributed by atoms with Gasteiger partial charge in [-0.05, 0) is 55.5 Å². The van der Waals surface area contributed by atoms with Gasteiger partial charge in [0.05, 0.1) is 18.5 Å². The summed E-state index contributed by atoms with van der Waals surface area (Å²) in [5, 5.41) is 45.0. The van der Waals surface area contributed by atoms with Gasteiger partial charge in [-0.15, -0.1) is 5.10 Å². The predicted molar refractivity (Wildman–Crippen MR) is 139 cm³/mol. The van der Waals surface area contributed by atoms with Crippen molar-refractivity contribution >= 4 is 23.2 Å². The second-order valence-corrected chi connectivity index (χ2v) is 10.8. The highest BCUT2D eigenvalue weighted by atomic mass is 35.5. The fourth-order valence-corrected chi connectivity index (χ4v) is 5.39. The average molecular weight is 593 g/mol. The van der Waals surface area contributed by atoms with E-state index in [0.29, 0.717) is 22.5 Å². The molecular weight excluding hydrogens is 569 g/mol. The van der Waals surface area contributed by atoms with Crippen molar-refractivity contribution in [2.45, 2.75) is 56.1 Å². The molecule has 2 fully saturated rings. The molecule has 3 heterocycles. The molecule has 3 N–H and O–H groups in total. The summed E-state index contributed by atoms with van der Waals surface area (Å²) in [6.07, 6.45) is -1.78. The quantitative estimate of drug-likeness (QED) is 0.289. The average Bonchev–Trinajstić information content (AvgIpc) is 3.52. The molecule has 1 aliphatic carbocycles. The Morgan fingerprint density at radius 3 is 2.48 bits per heavy atom. The van der Waals surface area contributed by atoms with Crippen LogP contribution in [0.3, 0.4) is 0 Å². The molecule has 0 amide bonds. The molecule has 6 rings (SSSR count). The predicted octanol–water partition coefficient (Wildman–Crippen LogP) is 3.69. The van der Waals surface area contributed by atoms with E-state index in [9.17, 15) is 24.1 Å². The molecule has 5 atom stereocenters. The van der Waals surface area contributed by atoms with Crippen molar-refractivity contribution in [1.29, 1.82) is 0 Å². The Balaban J connectivity index is 1.40. The zero-order valence-electron chi connectivity index (χ0n) is 21.0. The second-order valence-electron chi connectivity index (χ2n) is 9.99. The third-order valence-corrected chi connectivity index (χ3v) is 7.81. The zero-order chi connectivity index (χ0) is 28.3. The molecule has 0 radical (unpaired) electrons. The molecule has 0 unspecified atom stereocenters. The highest BCUT2D eigenvalue weighted by molar-refractivity contribution is 6.31. The first-order chi connectivity index (χ1) is 19.2. The van der Waals surface area contributed by atoms with Gasteiger partial charge < -0.3 is 20.1 Å². The lowest BCUT2D eigenvalue weighted by Crippen LogP contribution is -2.53. The van der Waals surface area contributed by atoms with Gasteiger partial charge in [-0.1, -0.05) is 34.5 Å². The number of nitrogens with zero attached hydrogens (tertiary/aromatic N) is 6. The summed E-state index contributed by atoms with van der Waals surface area (Å²) in [5.41, 5.74) is 1.85. The number of halogens is 4. The molecule has 10 nitrogen and oxygen atoms in total. The number of rotatable bonds is 6. The van der Waals surface area contributed by atoms with E-state index in [-0.39, 0.29) is 17.1 Å². The van der Waals surface area contributed by atoms with Crippen LogP contribution in [-0.4, -0.2) is 70.0 Å². The van der Waals surface area contributed by atoms with Crippen LogP contribution >= 0.6 is 23.2 Å². The Bertz CT molecular complexity index is 1560. The lowest BCUT2D eigenvalue weighted by Gasteiger charge is -2.41. The van der Waals surface area contributed by atoms with E-state index < -0.39 is 53.7 Å². The number of hydrogen-bond donors (Lipinski definition) is 3. The van der Waals surface area contributed by atoms with E-state index >= 15 is 0 Å². The van der Waals surface area contributed by atoms with Gasteiger partial charge in [-0.2, -0.15) is 5.10 Å². The summed E-state index contributed by atoms with van der Waals surface area (Å²) in [4.78, 5) is 4.53. The molecule has 4 aromatic rings. The van der Waals surface area contributed by atoms with Gasteiger partial charge in [0.2, 0.25) is 0 Å². The van der Waals surface area contributed by atoms with E-state index in [1.807, 2.05) is 12.1 Å². The third kappa shape index (κ3) is 4.78. The lowest BCUT2D eigenvalue weighted by atomic mass is 9.92. The maximum absolute atomic E-state index is 14.1. The summed E-state index contributed by atoms with van der Waals surface area (Å²) in [6, 6.07) is 6.35. The van der Waals surface area contributed by atoms with Crippen LogP contribution < -0.4 is 0 Å². The summed E-state index contributed by atoms with van der Waals surface area (Å²) < 4.78 is 36.8. The smallest absolute Gasteiger partial charge is 0.164 e. The van der Waals surface area contributed by atoms with Gasteiger partial charge in [-0.3, -0.25) is 0 Å². The van der Waals surface area contributed by atoms with Crippen molar-refractivity contribution in [2.75, 3.05) is 6.61 Å². The fraction of sp³-hybridized carbons (Fsp3) is 0.385. The Kier molecular flexibility index (Phi) is 7.09. The molecule has 2 aliphatic rings. The fourth-order valence-electron chi connectivity index (χ4n) is 5.12. The maximum Gasteiger partial charge on any atom is 0.164 e. The molecule has 14 heteroatoms. The highest BCUT2D eigenvalue weighted by Gasteiger charge is 2.48. The molecule has 1 aliphatic heterocycles. The summed E-state index contributed by atoms with van der Waals surface area (Å²) in [7, 11) is 0. The normalized spacial score (nSPS) is 24.9. The van der Waals surface area contributed by atoms with Crippen LogP contribution in [0.25, 0.3) is 16.9 Å². The number of aliphatic hydroxyl groups is 3. The van der Waals surface area contributed by atoms with Crippen LogP contribution in [0.4, 0.5) is 8.78 Å². The van der Waals surface area contributed by atoms with Crippen LogP contribution in [0, 0.1) is 18.6 Å². The standard InChI is InChI=1S/C26H24Cl2F2N6O4/c1-11-31-26(36(33-11)19-8-14(27)4-5-15(19)12-2-3-12)25-24(39)22(23(38)20(10-37)40-25)35-9-18(32-34-35)13-6-16(29)21(28)17(30)7-13/h4-9,12,20,22-25,37-39H,2-3,10H2,1H3/t20-,22+,23+,24-,25-/m1/s1. The number of hydrogen-bond acceptors (Lipinski definition) is 8. The van der Waals surface area contributed by atoms with Crippen LogP contribution in [0.15, 0.2) is 36.5 Å². The van der Waals surface area contributed by atoms with Crippen LogP contribution in [0.2, 0.25) is 10.0 Å². The van der Waals surface area contributed by atoms with Gasteiger partial charge in [0.1, 0.15) is 58.6 Å². The minimum absolute atomic E-state index is 0.0564. The van der Waals surface area contributed by atoms with Crippen molar-refractivity contribution in [1.82, 2.24) is 29.8 Å². The number of aliphatic hydroxyl groups excluding tert-OH is 3. The van der Waals surface area contributed by atoms with E-state index in [4.69, 9.17) is 27.9 Å². The Morgan fingerprint density at radius 2 is 1.80 bits per heavy atom. The Labute approximate surface area is 236 Å². The number of ether oxygens (including phenoxy) is 1. The zero-order valence-corrected chi connectivity index (χ0v) is 22.5. The van der Waals surface area contributed by atoms with Crippen LogP contribution in [0.1, 0.15) is 48.1 Å². The molecule has 0 bridgehead atoms. The first kappa shape index (κ1) is 27.2. The van der Waals surface area contributed by atoms with Gasteiger partial charge in [0.25, 0.3) is 0 Å². The van der Waals surface area contributed by atoms with Crippen LogP contribution in [0.5, 0.6) is 0 Å². The Hall–Kier alpha value is -3.00. The highest BCUT2D eigenvalue weighted by Crippen LogP contribution is 2.44. The molecule has 210 valence electrons. The Morgan fingerprint density at radius 1 is 1.07 bits per heavy atom. The van der Waals surface area contributed by atoms with Gasteiger partial charge in [0, 0.05) is 10.6 Å². The summed E-state index contributed by atoms with van der Waals surface area (Å²) >= 11 is 11.9. The van der Waals surface area contributed by atoms with Gasteiger partial charge in [-0.25, -0.2) is 23.1 Å². The van der Waals surface area contributed by atoms with E-state index in [1.165, 1.54) is 10.9 Å². The van der Waals surface area contributed by atoms with Crippen molar-refractivity contribution in [2.24, 2.45) is 0 Å². The SMILES string of the molecule is Cc1nc([C@@H]2O[C@H](CO)[C@H](O)[C@H](n3cc(-c4cc(F)c(Cl)c(F)c4)nn3)[C@H]2O)n(-c2cc(Cl)ccc2C2CC2)n1. The molecular formula is C26H24Cl2F2N6O4. The third-order valence-electron chi connectivity index (χ3n) is 7.22. The van der Waals surface area contributed by atoms with Crippen molar-refractivity contribution in [3.8, 4) is 16.9 Å². The lowest BCUT2D eigenvalue weighted by molar-refractivity contribution is -0.210. The van der Waals surface area contributed by atoms with Crippen molar-refractivity contribution < 1.29 is 28.8 Å². The first-order valence-corrected chi connectivity index (χ1v) is 13.3. The minimum Gasteiger partial charge on any atom is -0.394 e. The van der Waals surface area contributed by atoms with Gasteiger partial charge >= 0.3 is 0 Å². The second kappa shape index (κ2) is 10.4. The summed E-state index contributed by atoms with van der Waals surface area (Å²) in [6.45, 7) is 1.12. The van der Waals surface area contributed by atoms with Gasteiger partial charge in [0.15, 0.2) is 5.82 Å². The monoisotopic (exact) mass is 592 g/mol. The molecule has 2 aromatic carbocycles. The molecule has 40 heavy (non-hydrogen) atoms. The van der Waals surface area contributed by atoms with Crippen molar-refractivity contribution in [3.63, 3.8) is 0 Å². The van der Waals surface area contributed by atoms with E-state index in [1.54, 1.807) is 17.7 Å². The molecule has 1 saturated carbocycles. The number of benzene rings is 2. The molecule has 1 saturated heterocycles. The first-order valence-electron chi connectivity index (χ1n) is 12.6. The topological polar surface area (TPSA) is 131 Å². The largest absolute Gasteiger partial charge is 0.394 e. The minimum atomic E-state index is -1.45. The molecule has 0 spiro atoms. The van der Waals surface area contributed by atoms with Crippen LogP contribution in [-0.2, 0) is 4.74 Å².